The lowest BCUT2D eigenvalue weighted by Crippen LogP contribution is -2.30. The van der Waals surface area contributed by atoms with Crippen LogP contribution in [0, 0.1) is 0 Å². The number of hydrogen-bond donors (Lipinski definition) is 0. The molecular formula is C69H110O6. The van der Waals surface area contributed by atoms with E-state index in [9.17, 15) is 14.4 Å². The molecule has 0 aliphatic carbocycles. The van der Waals surface area contributed by atoms with E-state index in [-0.39, 0.29) is 37.5 Å². The van der Waals surface area contributed by atoms with Gasteiger partial charge in [0, 0.05) is 19.3 Å². The van der Waals surface area contributed by atoms with Crippen LogP contribution in [0.1, 0.15) is 252 Å². The molecule has 422 valence electrons. The summed E-state index contributed by atoms with van der Waals surface area (Å²) in [6.45, 7) is 6.27. The Balaban J connectivity index is 4.16. The Morgan fingerprint density at radius 3 is 0.853 bits per heavy atom. The normalized spacial score (nSPS) is 13.2. The van der Waals surface area contributed by atoms with Crippen molar-refractivity contribution in [2.75, 3.05) is 13.2 Å². The minimum absolute atomic E-state index is 0.106. The molecule has 6 nitrogen and oxygen atoms in total. The van der Waals surface area contributed by atoms with Gasteiger partial charge in [0.25, 0.3) is 0 Å². The van der Waals surface area contributed by atoms with Crippen molar-refractivity contribution in [1.29, 1.82) is 0 Å². The summed E-state index contributed by atoms with van der Waals surface area (Å²) in [5, 5.41) is 0. The molecule has 6 heteroatoms. The summed E-state index contributed by atoms with van der Waals surface area (Å²) in [7, 11) is 0. The molecule has 0 rings (SSSR count). The maximum atomic E-state index is 12.8. The highest BCUT2D eigenvalue weighted by molar-refractivity contribution is 5.71. The fourth-order valence-electron chi connectivity index (χ4n) is 7.87. The van der Waals surface area contributed by atoms with Crippen LogP contribution in [-0.4, -0.2) is 37.2 Å². The molecule has 0 radical (unpaired) electrons. The standard InChI is InChI=1S/C69H110O6/c1-4-7-10-13-15-17-19-21-23-25-27-29-31-32-33-34-35-36-38-39-41-43-45-47-49-51-53-56-59-62-68(71)74-65-66(64-73-67(70)61-58-55-12-9-6-3)75-69(72)63-60-57-54-52-50-48-46-44-42-40-37-30-28-26-24-22-20-18-16-14-11-8-5-2/h7-8,10-11,15-18,21-24,27-30,32-33,40,42,46,48,52,54,66H,4-6,9,12-14,19-20,25-26,31,34-39,41,43-45,47,49-51,53,55-65H2,1-3H3/b10-7-,11-8-,17-15-,18-16-,23-21-,24-22-,29-27-,30-28-,33-32-,42-40-,48-46-,54-52-. The minimum Gasteiger partial charge on any atom is -0.462 e. The average molecular weight is 1040 g/mol. The van der Waals surface area contributed by atoms with Gasteiger partial charge in [-0.15, -0.1) is 0 Å². The number of ether oxygens (including phenoxy) is 3. The second-order valence-corrected chi connectivity index (χ2v) is 19.5. The SMILES string of the molecule is CC/C=C\C/C=C\C/C=C\C/C=C\C/C=C\C/C=C\C/C=C\CCCC(=O)OC(COC(=O)CCCCCCC)COC(=O)CCCCCCCCCCCCCCC/C=C\C/C=C\C/C=C\C/C=C\C/C=C\CC. The van der Waals surface area contributed by atoms with Crippen LogP contribution in [0.4, 0.5) is 0 Å². The summed E-state index contributed by atoms with van der Waals surface area (Å²) in [4.78, 5) is 37.8. The third-order valence-electron chi connectivity index (χ3n) is 12.3. The zero-order valence-electron chi connectivity index (χ0n) is 48.3. The van der Waals surface area contributed by atoms with Gasteiger partial charge in [-0.3, -0.25) is 14.4 Å². The zero-order valence-corrected chi connectivity index (χ0v) is 48.3. The number of rotatable bonds is 53. The van der Waals surface area contributed by atoms with Crippen LogP contribution in [0.2, 0.25) is 0 Å². The van der Waals surface area contributed by atoms with E-state index in [0.717, 1.165) is 135 Å². The highest BCUT2D eigenvalue weighted by atomic mass is 16.6. The first-order valence-corrected chi connectivity index (χ1v) is 30.3. The van der Waals surface area contributed by atoms with E-state index in [0.29, 0.717) is 19.3 Å². The Hall–Kier alpha value is -4.71. The van der Waals surface area contributed by atoms with Gasteiger partial charge >= 0.3 is 17.9 Å². The Morgan fingerprint density at radius 2 is 0.533 bits per heavy atom. The smallest absolute Gasteiger partial charge is 0.306 e. The third kappa shape index (κ3) is 60.0. The van der Waals surface area contributed by atoms with Crippen molar-refractivity contribution in [3.63, 3.8) is 0 Å². The van der Waals surface area contributed by atoms with Crippen LogP contribution in [0.15, 0.2) is 146 Å². The molecule has 0 bridgehead atoms. The first-order valence-electron chi connectivity index (χ1n) is 30.3. The van der Waals surface area contributed by atoms with E-state index >= 15 is 0 Å². The molecule has 0 N–H and O–H groups in total. The van der Waals surface area contributed by atoms with E-state index < -0.39 is 6.10 Å². The Morgan fingerprint density at radius 1 is 0.280 bits per heavy atom. The van der Waals surface area contributed by atoms with Crippen molar-refractivity contribution in [3.05, 3.63) is 146 Å². The number of hydrogen-bond acceptors (Lipinski definition) is 6. The molecule has 0 aromatic rings. The van der Waals surface area contributed by atoms with Gasteiger partial charge in [0.05, 0.1) is 0 Å². The second-order valence-electron chi connectivity index (χ2n) is 19.5. The van der Waals surface area contributed by atoms with Crippen molar-refractivity contribution in [2.24, 2.45) is 0 Å². The average Bonchev–Trinajstić information content (AvgIpc) is 3.41. The van der Waals surface area contributed by atoms with Crippen LogP contribution in [0.3, 0.4) is 0 Å². The van der Waals surface area contributed by atoms with Crippen molar-refractivity contribution < 1.29 is 28.6 Å². The summed E-state index contributed by atoms with van der Waals surface area (Å²) in [5.41, 5.74) is 0. The largest absolute Gasteiger partial charge is 0.462 e. The summed E-state index contributed by atoms with van der Waals surface area (Å²) in [6, 6.07) is 0. The van der Waals surface area contributed by atoms with E-state index in [1.54, 1.807) is 0 Å². The first-order chi connectivity index (χ1) is 37.0. The lowest BCUT2D eigenvalue weighted by atomic mass is 10.0. The summed E-state index contributed by atoms with van der Waals surface area (Å²) in [6.07, 6.45) is 89.0. The van der Waals surface area contributed by atoms with Crippen molar-refractivity contribution in [2.45, 2.75) is 258 Å². The summed E-state index contributed by atoms with van der Waals surface area (Å²) >= 11 is 0. The van der Waals surface area contributed by atoms with E-state index in [2.05, 4.69) is 167 Å². The lowest BCUT2D eigenvalue weighted by molar-refractivity contribution is -0.167. The van der Waals surface area contributed by atoms with E-state index in [1.807, 2.05) is 0 Å². The highest BCUT2D eigenvalue weighted by Gasteiger charge is 2.19. The van der Waals surface area contributed by atoms with Gasteiger partial charge < -0.3 is 14.2 Å². The van der Waals surface area contributed by atoms with Gasteiger partial charge in [0.1, 0.15) is 13.2 Å². The molecule has 0 spiro atoms. The van der Waals surface area contributed by atoms with Crippen LogP contribution in [-0.2, 0) is 28.6 Å². The van der Waals surface area contributed by atoms with Crippen molar-refractivity contribution >= 4 is 17.9 Å². The maximum Gasteiger partial charge on any atom is 0.306 e. The predicted octanol–water partition coefficient (Wildman–Crippen LogP) is 20.8. The molecule has 0 fully saturated rings. The Bertz CT molecular complexity index is 1660. The fraction of sp³-hybridized carbons (Fsp3) is 0.609. The fourth-order valence-corrected chi connectivity index (χ4v) is 7.87. The second kappa shape index (κ2) is 61.8. The molecule has 1 unspecified atom stereocenters. The number of esters is 3. The van der Waals surface area contributed by atoms with Crippen molar-refractivity contribution in [3.8, 4) is 0 Å². The molecule has 0 saturated heterocycles. The van der Waals surface area contributed by atoms with Gasteiger partial charge in [-0.2, -0.15) is 0 Å². The highest BCUT2D eigenvalue weighted by Crippen LogP contribution is 2.15. The summed E-state index contributed by atoms with van der Waals surface area (Å²) in [5.74, 6) is -0.986. The Labute approximate surface area is 461 Å². The maximum absolute atomic E-state index is 12.8. The number of unbranched alkanes of at least 4 members (excludes halogenated alkanes) is 18. The molecule has 1 atom stereocenters. The topological polar surface area (TPSA) is 78.9 Å². The molecule has 75 heavy (non-hydrogen) atoms. The number of carbonyl (C=O) groups excluding carboxylic acids is 3. The van der Waals surface area contributed by atoms with Crippen LogP contribution < -0.4 is 0 Å². The van der Waals surface area contributed by atoms with Gasteiger partial charge in [-0.25, -0.2) is 0 Å². The Kier molecular flexibility index (Phi) is 58.0. The van der Waals surface area contributed by atoms with Crippen LogP contribution in [0.25, 0.3) is 0 Å². The lowest BCUT2D eigenvalue weighted by Gasteiger charge is -2.18. The number of allylic oxidation sites excluding steroid dienone is 24. The number of carbonyl (C=O) groups is 3. The molecule has 0 aromatic heterocycles. The van der Waals surface area contributed by atoms with Crippen LogP contribution in [0.5, 0.6) is 0 Å². The molecule has 0 saturated carbocycles. The summed E-state index contributed by atoms with van der Waals surface area (Å²) < 4.78 is 16.7. The molecule has 0 amide bonds. The predicted molar refractivity (Wildman–Crippen MR) is 325 cm³/mol. The van der Waals surface area contributed by atoms with Gasteiger partial charge in [-0.1, -0.05) is 263 Å². The van der Waals surface area contributed by atoms with Gasteiger partial charge in [0.15, 0.2) is 6.10 Å². The minimum atomic E-state index is -0.811. The van der Waals surface area contributed by atoms with E-state index in [1.165, 1.54) is 70.6 Å². The van der Waals surface area contributed by atoms with E-state index in [4.69, 9.17) is 14.2 Å². The molecular weight excluding hydrogens is 925 g/mol. The third-order valence-corrected chi connectivity index (χ3v) is 12.3. The quantitative estimate of drug-likeness (QED) is 0.0261. The van der Waals surface area contributed by atoms with Gasteiger partial charge in [0.2, 0.25) is 0 Å². The molecule has 0 aromatic carbocycles. The van der Waals surface area contributed by atoms with Crippen LogP contribution >= 0.6 is 0 Å². The van der Waals surface area contributed by atoms with Gasteiger partial charge in [-0.05, 0) is 116 Å². The molecule has 0 aliphatic heterocycles. The van der Waals surface area contributed by atoms with Crippen molar-refractivity contribution in [1.82, 2.24) is 0 Å². The molecule has 0 aliphatic rings. The first kappa shape index (κ1) is 70.3. The zero-order chi connectivity index (χ0) is 54.3. The monoisotopic (exact) mass is 1030 g/mol. The molecule has 0 heterocycles.